The van der Waals surface area contributed by atoms with Crippen molar-refractivity contribution in [3.05, 3.63) is 28.8 Å². The van der Waals surface area contributed by atoms with Crippen LogP contribution in [-0.4, -0.2) is 43.3 Å². The Morgan fingerprint density at radius 1 is 1.38 bits per heavy atom. The molecule has 0 saturated carbocycles. The molecule has 0 spiro atoms. The highest BCUT2D eigenvalue weighted by Gasteiger charge is 2.11. The monoisotopic (exact) mass is 315 g/mol. The van der Waals surface area contributed by atoms with E-state index in [1.54, 1.807) is 18.2 Å². The summed E-state index contributed by atoms with van der Waals surface area (Å²) in [4.78, 5) is 22.0. The van der Waals surface area contributed by atoms with Crippen molar-refractivity contribution in [1.82, 2.24) is 5.32 Å². The Balaban J connectivity index is 2.44. The van der Waals surface area contributed by atoms with E-state index in [0.717, 1.165) is 0 Å². The first kappa shape index (κ1) is 17.3. The van der Waals surface area contributed by atoms with Gasteiger partial charge in [0.05, 0.1) is 24.7 Å². The van der Waals surface area contributed by atoms with Crippen molar-refractivity contribution in [3.63, 3.8) is 0 Å². The van der Waals surface area contributed by atoms with Gasteiger partial charge in [0.1, 0.15) is 12.4 Å². The van der Waals surface area contributed by atoms with E-state index < -0.39 is 5.97 Å². The minimum atomic E-state index is -1.04. The predicted octanol–water partition coefficient (Wildman–Crippen LogP) is 1.50. The van der Waals surface area contributed by atoms with Gasteiger partial charge >= 0.3 is 5.97 Å². The lowest BCUT2D eigenvalue weighted by molar-refractivity contribution is -0.142. The highest BCUT2D eigenvalue weighted by molar-refractivity contribution is 6.32. The first-order valence-corrected chi connectivity index (χ1v) is 6.88. The van der Waals surface area contributed by atoms with Crippen molar-refractivity contribution in [1.29, 1.82) is 0 Å². The molecule has 0 aliphatic rings. The Hall–Kier alpha value is -1.79. The highest BCUT2D eigenvalue weighted by atomic mass is 35.5. The molecule has 1 rings (SSSR count). The molecule has 6 nitrogen and oxygen atoms in total. The summed E-state index contributed by atoms with van der Waals surface area (Å²) in [6.45, 7) is 2.32. The van der Waals surface area contributed by atoms with Crippen LogP contribution in [0.4, 0.5) is 0 Å². The smallest absolute Gasteiger partial charge is 0.329 e. The molecule has 116 valence electrons. The lowest BCUT2D eigenvalue weighted by atomic mass is 10.1. The van der Waals surface area contributed by atoms with Gasteiger partial charge in [0, 0.05) is 12.1 Å². The number of aliphatic carboxylic acids is 1. The van der Waals surface area contributed by atoms with Gasteiger partial charge in [0.25, 0.3) is 0 Å². The Morgan fingerprint density at radius 3 is 2.81 bits per heavy atom. The van der Waals surface area contributed by atoms with Crippen LogP contribution in [0.5, 0.6) is 5.75 Å². The van der Waals surface area contributed by atoms with Gasteiger partial charge in [0.2, 0.25) is 5.91 Å². The summed E-state index contributed by atoms with van der Waals surface area (Å²) in [5.74, 6) is -0.738. The van der Waals surface area contributed by atoms with Crippen molar-refractivity contribution in [2.75, 3.05) is 26.4 Å². The molecule has 1 amide bonds. The molecule has 0 aliphatic carbocycles. The second-order valence-corrected chi connectivity index (χ2v) is 4.54. The van der Waals surface area contributed by atoms with Crippen LogP contribution in [0.25, 0.3) is 0 Å². The van der Waals surface area contributed by atoms with Crippen molar-refractivity contribution < 1.29 is 24.2 Å². The Labute approximate surface area is 128 Å². The molecule has 0 fully saturated rings. The number of carboxylic acids is 1. The maximum absolute atomic E-state index is 11.8. The second-order valence-electron chi connectivity index (χ2n) is 4.13. The van der Waals surface area contributed by atoms with Gasteiger partial charge in [-0.1, -0.05) is 23.7 Å². The average molecular weight is 316 g/mol. The van der Waals surface area contributed by atoms with E-state index in [2.05, 4.69) is 5.32 Å². The molecule has 1 aromatic rings. The van der Waals surface area contributed by atoms with E-state index in [1.807, 2.05) is 6.92 Å². The summed E-state index contributed by atoms with van der Waals surface area (Å²) >= 11 is 6.03. The molecule has 0 unspecified atom stereocenters. The number of halogens is 1. The van der Waals surface area contributed by atoms with Gasteiger partial charge < -0.3 is 19.9 Å². The zero-order valence-electron chi connectivity index (χ0n) is 11.7. The molecule has 0 aromatic heterocycles. The van der Waals surface area contributed by atoms with Crippen LogP contribution < -0.4 is 10.1 Å². The van der Waals surface area contributed by atoms with Crippen LogP contribution in [0.1, 0.15) is 12.5 Å². The minimum Gasteiger partial charge on any atom is -0.492 e. The number of nitrogens with one attached hydrogen (secondary N) is 1. The largest absolute Gasteiger partial charge is 0.492 e. The van der Waals surface area contributed by atoms with Gasteiger partial charge in [-0.25, -0.2) is 4.79 Å². The third-order valence-electron chi connectivity index (χ3n) is 2.48. The summed E-state index contributed by atoms with van der Waals surface area (Å²) in [7, 11) is 0. The Morgan fingerprint density at radius 2 is 2.14 bits per heavy atom. The van der Waals surface area contributed by atoms with Crippen molar-refractivity contribution in [2.24, 2.45) is 0 Å². The maximum Gasteiger partial charge on any atom is 0.329 e. The van der Waals surface area contributed by atoms with E-state index in [9.17, 15) is 9.59 Å². The quantitative estimate of drug-likeness (QED) is 0.675. The lowest BCUT2D eigenvalue weighted by Gasteiger charge is -2.12. The number of carboxylic acid groups (broad SMARTS) is 1. The van der Waals surface area contributed by atoms with Gasteiger partial charge in [-0.3, -0.25) is 4.79 Å². The Kier molecular flexibility index (Phi) is 7.56. The van der Waals surface area contributed by atoms with Crippen LogP contribution in [0.15, 0.2) is 18.2 Å². The van der Waals surface area contributed by atoms with Crippen LogP contribution >= 0.6 is 11.6 Å². The number of hydrogen-bond acceptors (Lipinski definition) is 4. The first-order valence-electron chi connectivity index (χ1n) is 6.51. The number of benzene rings is 1. The van der Waals surface area contributed by atoms with E-state index in [1.165, 1.54) is 0 Å². The first-order chi connectivity index (χ1) is 10.0. The summed E-state index contributed by atoms with van der Waals surface area (Å²) < 4.78 is 10.3. The SMILES string of the molecule is CCOc1c(Cl)cccc1CC(=O)NCCOCC(=O)O. The van der Waals surface area contributed by atoms with E-state index in [4.69, 9.17) is 26.2 Å². The Bertz CT molecular complexity index is 492. The number of amides is 1. The third kappa shape index (κ3) is 6.46. The van der Waals surface area contributed by atoms with Gasteiger partial charge in [-0.05, 0) is 13.0 Å². The van der Waals surface area contributed by atoms with Crippen LogP contribution in [0, 0.1) is 0 Å². The number of ether oxygens (including phenoxy) is 2. The summed E-state index contributed by atoms with van der Waals surface area (Å²) in [6, 6.07) is 5.23. The molecule has 2 N–H and O–H groups in total. The van der Waals surface area contributed by atoms with Gasteiger partial charge in [-0.15, -0.1) is 0 Å². The second kappa shape index (κ2) is 9.20. The topological polar surface area (TPSA) is 84.9 Å². The number of para-hydroxylation sites is 1. The minimum absolute atomic E-state index is 0.134. The number of hydrogen-bond donors (Lipinski definition) is 2. The normalized spacial score (nSPS) is 10.2. The van der Waals surface area contributed by atoms with E-state index in [-0.39, 0.29) is 32.1 Å². The molecule has 0 saturated heterocycles. The fourth-order valence-corrected chi connectivity index (χ4v) is 1.90. The van der Waals surface area contributed by atoms with Crippen LogP contribution in [0.2, 0.25) is 5.02 Å². The standard InChI is InChI=1S/C14H18ClNO5/c1-2-21-14-10(4-3-5-11(14)15)8-12(17)16-6-7-20-9-13(18)19/h3-5H,2,6-9H2,1H3,(H,16,17)(H,18,19). The van der Waals surface area contributed by atoms with Crippen molar-refractivity contribution in [2.45, 2.75) is 13.3 Å². The van der Waals surface area contributed by atoms with Gasteiger partial charge in [0.15, 0.2) is 0 Å². The van der Waals surface area contributed by atoms with E-state index in [0.29, 0.717) is 22.9 Å². The van der Waals surface area contributed by atoms with Crippen LogP contribution in [0.3, 0.4) is 0 Å². The van der Waals surface area contributed by atoms with Gasteiger partial charge in [-0.2, -0.15) is 0 Å². The summed E-state index contributed by atoms with van der Waals surface area (Å²) in [5.41, 5.74) is 0.702. The summed E-state index contributed by atoms with van der Waals surface area (Å²) in [5, 5.41) is 11.5. The van der Waals surface area contributed by atoms with Crippen molar-refractivity contribution in [3.8, 4) is 5.75 Å². The molecule has 1 aromatic carbocycles. The molecule has 0 heterocycles. The molecular weight excluding hydrogens is 298 g/mol. The highest BCUT2D eigenvalue weighted by Crippen LogP contribution is 2.28. The molecule has 21 heavy (non-hydrogen) atoms. The zero-order chi connectivity index (χ0) is 15.7. The molecular formula is C14H18ClNO5. The van der Waals surface area contributed by atoms with Crippen molar-refractivity contribution >= 4 is 23.5 Å². The number of rotatable bonds is 9. The fourth-order valence-electron chi connectivity index (χ4n) is 1.66. The molecule has 0 bridgehead atoms. The molecule has 7 heteroatoms. The number of carbonyl (C=O) groups is 2. The zero-order valence-corrected chi connectivity index (χ0v) is 12.5. The predicted molar refractivity (Wildman–Crippen MR) is 77.8 cm³/mol. The lowest BCUT2D eigenvalue weighted by Crippen LogP contribution is -2.29. The third-order valence-corrected chi connectivity index (χ3v) is 2.78. The number of carbonyl (C=O) groups excluding carboxylic acids is 1. The summed E-state index contributed by atoms with van der Waals surface area (Å²) in [6.07, 6.45) is 0.134. The maximum atomic E-state index is 11.8. The fraction of sp³-hybridized carbons (Fsp3) is 0.429. The molecule has 0 aliphatic heterocycles. The molecule has 0 radical (unpaired) electrons. The average Bonchev–Trinajstić information content (AvgIpc) is 2.42. The van der Waals surface area contributed by atoms with Crippen LogP contribution in [-0.2, 0) is 20.7 Å². The molecule has 0 atom stereocenters. The van der Waals surface area contributed by atoms with E-state index >= 15 is 0 Å².